The molecule has 0 aliphatic heterocycles. The Morgan fingerprint density at radius 3 is 2.36 bits per heavy atom. The zero-order valence-corrected chi connectivity index (χ0v) is 13.0. The lowest BCUT2D eigenvalue weighted by Gasteiger charge is -2.09. The van der Waals surface area contributed by atoms with E-state index in [9.17, 15) is 12.8 Å². The van der Waals surface area contributed by atoms with Crippen LogP contribution in [0.25, 0.3) is 0 Å². The first-order valence-electron chi connectivity index (χ1n) is 6.87. The quantitative estimate of drug-likeness (QED) is 0.856. The molecule has 22 heavy (non-hydrogen) atoms. The van der Waals surface area contributed by atoms with Gasteiger partial charge in [0.05, 0.1) is 11.5 Å². The summed E-state index contributed by atoms with van der Waals surface area (Å²) in [4.78, 5) is -0.0388. The Labute approximate surface area is 129 Å². The van der Waals surface area contributed by atoms with Crippen molar-refractivity contribution in [2.75, 3.05) is 6.54 Å². The van der Waals surface area contributed by atoms with Crippen molar-refractivity contribution in [2.24, 2.45) is 0 Å². The minimum absolute atomic E-state index is 0.0221. The van der Waals surface area contributed by atoms with Gasteiger partial charge in [-0.05, 0) is 42.2 Å². The Morgan fingerprint density at radius 1 is 1.09 bits per heavy atom. The fourth-order valence-corrected chi connectivity index (χ4v) is 3.37. The molecule has 0 heterocycles. The van der Waals surface area contributed by atoms with E-state index in [0.29, 0.717) is 12.0 Å². The van der Waals surface area contributed by atoms with E-state index < -0.39 is 15.8 Å². The molecule has 2 aromatic carbocycles. The van der Waals surface area contributed by atoms with Gasteiger partial charge in [-0.3, -0.25) is 0 Å². The molecule has 0 unspecified atom stereocenters. The molecule has 2 rings (SSSR count). The molecule has 0 atom stereocenters. The Kier molecular flexibility index (Phi) is 5.28. The number of hydrogen-bond acceptors (Lipinski definition) is 3. The van der Waals surface area contributed by atoms with Crippen LogP contribution in [0.5, 0.6) is 0 Å². The van der Waals surface area contributed by atoms with Crippen molar-refractivity contribution in [3.8, 4) is 0 Å². The molecule has 0 spiro atoms. The van der Waals surface area contributed by atoms with E-state index in [1.165, 1.54) is 12.1 Å². The Hall–Kier alpha value is -1.76. The molecule has 0 amide bonds. The lowest BCUT2D eigenvalue weighted by atomic mass is 10.1. The molecule has 2 N–H and O–H groups in total. The van der Waals surface area contributed by atoms with Gasteiger partial charge in [-0.2, -0.15) is 0 Å². The molecule has 0 saturated carbocycles. The van der Waals surface area contributed by atoms with Gasteiger partial charge in [0.15, 0.2) is 0 Å². The summed E-state index contributed by atoms with van der Waals surface area (Å²) in [7, 11) is -3.73. The highest BCUT2D eigenvalue weighted by Gasteiger charge is 2.16. The predicted octanol–water partition coefficient (Wildman–Crippen LogP) is 2.15. The van der Waals surface area contributed by atoms with Crippen molar-refractivity contribution in [1.82, 2.24) is 4.72 Å². The summed E-state index contributed by atoms with van der Waals surface area (Å²) >= 11 is 0. The number of aliphatic hydroxyl groups is 1. The minimum Gasteiger partial charge on any atom is -0.392 e. The molecule has 6 heteroatoms. The van der Waals surface area contributed by atoms with Gasteiger partial charge in [-0.25, -0.2) is 17.5 Å². The van der Waals surface area contributed by atoms with Crippen LogP contribution in [-0.2, 0) is 23.1 Å². The standard InChI is InChI=1S/C16H18FNO3S/c1-12-2-7-15(17)10-16(12)22(20,21)18-9-8-13-3-5-14(11-19)6-4-13/h2-7,10,18-19H,8-9,11H2,1H3. The van der Waals surface area contributed by atoms with Crippen molar-refractivity contribution in [3.05, 3.63) is 65.0 Å². The topological polar surface area (TPSA) is 66.4 Å². The van der Waals surface area contributed by atoms with E-state index >= 15 is 0 Å². The second kappa shape index (κ2) is 7.00. The van der Waals surface area contributed by atoms with Gasteiger partial charge in [0.2, 0.25) is 10.0 Å². The lowest BCUT2D eigenvalue weighted by Crippen LogP contribution is -2.26. The Bertz CT molecular complexity index is 742. The first kappa shape index (κ1) is 16.6. The summed E-state index contributed by atoms with van der Waals surface area (Å²) in [6.07, 6.45) is 0.513. The van der Waals surface area contributed by atoms with Crippen LogP contribution in [-0.4, -0.2) is 20.1 Å². The molecule has 0 saturated heterocycles. The van der Waals surface area contributed by atoms with Crippen LogP contribution >= 0.6 is 0 Å². The molecule has 0 aliphatic rings. The zero-order valence-electron chi connectivity index (χ0n) is 12.2. The number of nitrogens with one attached hydrogen (secondary N) is 1. The summed E-state index contributed by atoms with van der Waals surface area (Å²) in [6, 6.07) is 11.0. The normalized spacial score (nSPS) is 11.6. The average Bonchev–Trinajstić information content (AvgIpc) is 2.50. The zero-order chi connectivity index (χ0) is 16.2. The van der Waals surface area contributed by atoms with Gasteiger partial charge >= 0.3 is 0 Å². The highest BCUT2D eigenvalue weighted by molar-refractivity contribution is 7.89. The van der Waals surface area contributed by atoms with Crippen LogP contribution < -0.4 is 4.72 Å². The molecule has 0 radical (unpaired) electrons. The SMILES string of the molecule is Cc1ccc(F)cc1S(=O)(=O)NCCc1ccc(CO)cc1. The largest absolute Gasteiger partial charge is 0.392 e. The molecule has 4 nitrogen and oxygen atoms in total. The molecule has 0 aromatic heterocycles. The summed E-state index contributed by atoms with van der Waals surface area (Å²) in [6.45, 7) is 1.82. The Balaban J connectivity index is 2.01. The van der Waals surface area contributed by atoms with Gasteiger partial charge in [-0.15, -0.1) is 0 Å². The number of rotatable bonds is 6. The molecular formula is C16H18FNO3S. The second-order valence-electron chi connectivity index (χ2n) is 5.03. The van der Waals surface area contributed by atoms with E-state index in [1.807, 2.05) is 12.1 Å². The second-order valence-corrected chi connectivity index (χ2v) is 6.77. The maximum absolute atomic E-state index is 13.2. The van der Waals surface area contributed by atoms with E-state index in [4.69, 9.17) is 5.11 Å². The average molecular weight is 323 g/mol. The Morgan fingerprint density at radius 2 is 1.73 bits per heavy atom. The number of aliphatic hydroxyl groups excluding tert-OH is 1. The van der Waals surface area contributed by atoms with Gasteiger partial charge in [0, 0.05) is 6.54 Å². The maximum atomic E-state index is 13.2. The maximum Gasteiger partial charge on any atom is 0.240 e. The molecular weight excluding hydrogens is 305 g/mol. The highest BCUT2D eigenvalue weighted by Crippen LogP contribution is 2.16. The number of halogens is 1. The van der Waals surface area contributed by atoms with Gasteiger partial charge in [0.1, 0.15) is 5.82 Å². The van der Waals surface area contributed by atoms with E-state index in [1.54, 1.807) is 19.1 Å². The molecule has 0 aliphatic carbocycles. The minimum atomic E-state index is -3.73. The van der Waals surface area contributed by atoms with Crippen molar-refractivity contribution in [1.29, 1.82) is 0 Å². The van der Waals surface area contributed by atoms with Crippen LogP contribution in [0.4, 0.5) is 4.39 Å². The van der Waals surface area contributed by atoms with E-state index in [2.05, 4.69) is 4.72 Å². The number of aryl methyl sites for hydroxylation is 1. The van der Waals surface area contributed by atoms with Crippen molar-refractivity contribution in [3.63, 3.8) is 0 Å². The third-order valence-corrected chi connectivity index (χ3v) is 4.95. The lowest BCUT2D eigenvalue weighted by molar-refractivity contribution is 0.282. The van der Waals surface area contributed by atoms with E-state index in [-0.39, 0.29) is 18.0 Å². The first-order valence-corrected chi connectivity index (χ1v) is 8.35. The smallest absolute Gasteiger partial charge is 0.240 e. The van der Waals surface area contributed by atoms with Crippen LogP contribution in [0.2, 0.25) is 0 Å². The molecule has 0 bridgehead atoms. The summed E-state index contributed by atoms with van der Waals surface area (Å²) < 4.78 is 40.1. The van der Waals surface area contributed by atoms with Gasteiger partial charge < -0.3 is 5.11 Å². The summed E-state index contributed by atoms with van der Waals surface area (Å²) in [5, 5.41) is 8.96. The number of benzene rings is 2. The van der Waals surface area contributed by atoms with Crippen molar-refractivity contribution < 1.29 is 17.9 Å². The van der Waals surface area contributed by atoms with Gasteiger partial charge in [-0.1, -0.05) is 30.3 Å². The highest BCUT2D eigenvalue weighted by atomic mass is 32.2. The van der Waals surface area contributed by atoms with Crippen LogP contribution in [0.15, 0.2) is 47.4 Å². The third kappa shape index (κ3) is 4.13. The molecule has 0 fully saturated rings. The first-order chi connectivity index (χ1) is 10.4. The van der Waals surface area contributed by atoms with Crippen molar-refractivity contribution in [2.45, 2.75) is 24.8 Å². The van der Waals surface area contributed by atoms with Crippen LogP contribution in [0, 0.1) is 12.7 Å². The third-order valence-electron chi connectivity index (χ3n) is 3.35. The van der Waals surface area contributed by atoms with Crippen LogP contribution in [0.3, 0.4) is 0 Å². The number of hydrogen-bond donors (Lipinski definition) is 2. The molecule has 2 aromatic rings. The molecule has 118 valence electrons. The predicted molar refractivity (Wildman–Crippen MR) is 82.4 cm³/mol. The van der Waals surface area contributed by atoms with Crippen molar-refractivity contribution >= 4 is 10.0 Å². The van der Waals surface area contributed by atoms with Gasteiger partial charge in [0.25, 0.3) is 0 Å². The fraction of sp³-hybridized carbons (Fsp3) is 0.250. The monoisotopic (exact) mass is 323 g/mol. The number of sulfonamides is 1. The van der Waals surface area contributed by atoms with E-state index in [0.717, 1.165) is 17.2 Å². The van der Waals surface area contributed by atoms with Crippen LogP contribution in [0.1, 0.15) is 16.7 Å². The summed E-state index contributed by atoms with van der Waals surface area (Å²) in [5.74, 6) is -0.578. The summed E-state index contributed by atoms with van der Waals surface area (Å²) in [5.41, 5.74) is 2.26. The fourth-order valence-electron chi connectivity index (χ4n) is 2.08.